The van der Waals surface area contributed by atoms with E-state index in [0.29, 0.717) is 11.4 Å². The Labute approximate surface area is 174 Å². The van der Waals surface area contributed by atoms with Crippen LogP contribution in [0.5, 0.6) is 5.75 Å². The average molecular weight is 428 g/mol. The number of ether oxygens (including phenoxy) is 1. The Kier molecular flexibility index (Phi) is 6.37. The van der Waals surface area contributed by atoms with Crippen molar-refractivity contribution in [1.82, 2.24) is 0 Å². The van der Waals surface area contributed by atoms with Gasteiger partial charge in [0.25, 0.3) is 15.9 Å². The lowest BCUT2D eigenvalue weighted by molar-refractivity contribution is -0.122. The van der Waals surface area contributed by atoms with E-state index in [1.54, 1.807) is 13.0 Å². The lowest BCUT2D eigenvalue weighted by Gasteiger charge is -2.16. The van der Waals surface area contributed by atoms with E-state index in [4.69, 9.17) is 4.74 Å². The van der Waals surface area contributed by atoms with Crippen LogP contribution in [0.15, 0.2) is 77.7 Å². The van der Waals surface area contributed by atoms with Gasteiger partial charge in [0.15, 0.2) is 6.10 Å². The highest BCUT2D eigenvalue weighted by atomic mass is 32.2. The molecule has 0 aliphatic heterocycles. The highest BCUT2D eigenvalue weighted by molar-refractivity contribution is 7.92. The van der Waals surface area contributed by atoms with Gasteiger partial charge >= 0.3 is 0 Å². The molecule has 0 aliphatic rings. The van der Waals surface area contributed by atoms with Crippen LogP contribution < -0.4 is 14.8 Å². The monoisotopic (exact) mass is 428 g/mol. The summed E-state index contributed by atoms with van der Waals surface area (Å²) in [6.07, 6.45) is -0.741. The number of anilines is 2. The normalized spacial score (nSPS) is 12.1. The Morgan fingerprint density at radius 1 is 0.933 bits per heavy atom. The molecule has 0 aliphatic carbocycles. The molecule has 0 saturated carbocycles. The maximum atomic E-state index is 13.0. The van der Waals surface area contributed by atoms with Crippen molar-refractivity contribution in [3.8, 4) is 5.75 Å². The third kappa shape index (κ3) is 5.36. The molecule has 0 heterocycles. The summed E-state index contributed by atoms with van der Waals surface area (Å²) in [7, 11) is -3.84. The van der Waals surface area contributed by atoms with E-state index in [1.807, 2.05) is 25.1 Å². The summed E-state index contributed by atoms with van der Waals surface area (Å²) in [5, 5.41) is 2.70. The predicted octanol–water partition coefficient (Wildman–Crippen LogP) is 4.34. The van der Waals surface area contributed by atoms with Crippen LogP contribution in [-0.4, -0.2) is 20.4 Å². The molecular formula is C22H21FN2O4S. The minimum Gasteiger partial charge on any atom is -0.481 e. The van der Waals surface area contributed by atoms with Crippen LogP contribution in [0, 0.1) is 12.7 Å². The molecule has 0 radical (unpaired) electrons. The molecule has 156 valence electrons. The van der Waals surface area contributed by atoms with E-state index in [-0.39, 0.29) is 16.5 Å². The van der Waals surface area contributed by atoms with Gasteiger partial charge in [0.2, 0.25) is 0 Å². The number of hydrogen-bond acceptors (Lipinski definition) is 4. The van der Waals surface area contributed by atoms with Crippen molar-refractivity contribution in [2.45, 2.75) is 24.8 Å². The second kappa shape index (κ2) is 8.96. The molecule has 3 aromatic carbocycles. The van der Waals surface area contributed by atoms with Crippen LogP contribution in [0.4, 0.5) is 15.8 Å². The second-order valence-electron chi connectivity index (χ2n) is 6.65. The van der Waals surface area contributed by atoms with Crippen molar-refractivity contribution in [3.63, 3.8) is 0 Å². The fourth-order valence-electron chi connectivity index (χ4n) is 2.63. The number of para-hydroxylation sites is 1. The number of nitrogens with one attached hydrogen (secondary N) is 2. The van der Waals surface area contributed by atoms with Crippen LogP contribution >= 0.6 is 0 Å². The summed E-state index contributed by atoms with van der Waals surface area (Å²) in [4.78, 5) is 12.4. The van der Waals surface area contributed by atoms with Gasteiger partial charge in [-0.15, -0.1) is 0 Å². The highest BCUT2D eigenvalue weighted by Gasteiger charge is 2.17. The summed E-state index contributed by atoms with van der Waals surface area (Å²) in [6, 6.07) is 18.1. The zero-order valence-electron chi connectivity index (χ0n) is 16.4. The van der Waals surface area contributed by atoms with Crippen molar-refractivity contribution in [1.29, 1.82) is 0 Å². The van der Waals surface area contributed by atoms with E-state index in [1.165, 1.54) is 36.4 Å². The highest BCUT2D eigenvalue weighted by Crippen LogP contribution is 2.20. The molecule has 1 amide bonds. The number of sulfonamides is 1. The number of halogens is 1. The first-order chi connectivity index (χ1) is 14.2. The lowest BCUT2D eigenvalue weighted by atomic mass is 10.2. The molecular weight excluding hydrogens is 407 g/mol. The summed E-state index contributed by atoms with van der Waals surface area (Å²) in [5.41, 5.74) is 1.59. The first-order valence-electron chi connectivity index (χ1n) is 9.16. The largest absolute Gasteiger partial charge is 0.481 e. The molecule has 0 fully saturated rings. The molecule has 0 aromatic heterocycles. The Bertz CT molecular complexity index is 1130. The number of rotatable bonds is 7. The Balaban J connectivity index is 1.64. The summed E-state index contributed by atoms with van der Waals surface area (Å²) in [6.45, 7) is 3.52. The molecule has 1 unspecified atom stereocenters. The molecule has 0 saturated heterocycles. The molecule has 0 spiro atoms. The van der Waals surface area contributed by atoms with E-state index >= 15 is 0 Å². The van der Waals surface area contributed by atoms with E-state index in [2.05, 4.69) is 10.0 Å². The summed E-state index contributed by atoms with van der Waals surface area (Å²) >= 11 is 0. The number of benzene rings is 3. The van der Waals surface area contributed by atoms with Gasteiger partial charge in [-0.05, 0) is 74.0 Å². The van der Waals surface area contributed by atoms with Crippen molar-refractivity contribution < 1.29 is 22.3 Å². The van der Waals surface area contributed by atoms with Crippen molar-refractivity contribution in [3.05, 3.63) is 84.2 Å². The first kappa shape index (κ1) is 21.3. The Morgan fingerprint density at radius 3 is 2.17 bits per heavy atom. The summed E-state index contributed by atoms with van der Waals surface area (Å²) in [5.74, 6) is -0.203. The van der Waals surface area contributed by atoms with Crippen LogP contribution in [0.3, 0.4) is 0 Å². The van der Waals surface area contributed by atoms with Crippen LogP contribution in [-0.2, 0) is 14.8 Å². The third-order valence-corrected chi connectivity index (χ3v) is 5.69. The zero-order chi connectivity index (χ0) is 21.7. The number of carbonyl (C=O) groups is 1. The van der Waals surface area contributed by atoms with Gasteiger partial charge in [0.1, 0.15) is 11.6 Å². The van der Waals surface area contributed by atoms with Gasteiger partial charge in [-0.1, -0.05) is 18.2 Å². The molecule has 8 heteroatoms. The lowest BCUT2D eigenvalue weighted by Crippen LogP contribution is -2.30. The fraction of sp³-hybridized carbons (Fsp3) is 0.136. The molecule has 6 nitrogen and oxygen atoms in total. The number of carbonyl (C=O) groups excluding carboxylic acids is 1. The van der Waals surface area contributed by atoms with Gasteiger partial charge in [-0.25, -0.2) is 12.8 Å². The van der Waals surface area contributed by atoms with Crippen LogP contribution in [0.2, 0.25) is 0 Å². The zero-order valence-corrected chi connectivity index (χ0v) is 17.2. The van der Waals surface area contributed by atoms with Crippen molar-refractivity contribution in [2.75, 3.05) is 10.0 Å². The van der Waals surface area contributed by atoms with E-state index in [0.717, 1.165) is 17.7 Å². The van der Waals surface area contributed by atoms with Crippen molar-refractivity contribution >= 4 is 27.3 Å². The first-order valence-corrected chi connectivity index (χ1v) is 10.6. The molecule has 2 N–H and O–H groups in total. The Morgan fingerprint density at radius 2 is 1.53 bits per heavy atom. The molecule has 3 aromatic rings. The second-order valence-corrected chi connectivity index (χ2v) is 8.33. The van der Waals surface area contributed by atoms with Gasteiger partial charge in [-0.3, -0.25) is 9.52 Å². The maximum Gasteiger partial charge on any atom is 0.265 e. The van der Waals surface area contributed by atoms with Crippen molar-refractivity contribution in [2.24, 2.45) is 0 Å². The minimum atomic E-state index is -3.84. The smallest absolute Gasteiger partial charge is 0.265 e. The fourth-order valence-corrected chi connectivity index (χ4v) is 3.68. The minimum absolute atomic E-state index is 0.00836. The van der Waals surface area contributed by atoms with Crippen LogP contribution in [0.1, 0.15) is 12.5 Å². The number of aryl methyl sites for hydroxylation is 1. The van der Waals surface area contributed by atoms with Gasteiger partial charge < -0.3 is 10.1 Å². The van der Waals surface area contributed by atoms with E-state index in [9.17, 15) is 17.6 Å². The number of hydrogen-bond donors (Lipinski definition) is 2. The molecule has 3 rings (SSSR count). The SMILES string of the molecule is Cc1ccccc1OC(C)C(=O)Nc1ccc(S(=O)(=O)Nc2ccc(F)cc2)cc1. The average Bonchev–Trinajstić information content (AvgIpc) is 2.71. The quantitative estimate of drug-likeness (QED) is 0.586. The summed E-state index contributed by atoms with van der Waals surface area (Å²) < 4.78 is 45.9. The molecule has 30 heavy (non-hydrogen) atoms. The maximum absolute atomic E-state index is 13.0. The van der Waals surface area contributed by atoms with Gasteiger partial charge in [0, 0.05) is 11.4 Å². The van der Waals surface area contributed by atoms with Gasteiger partial charge in [0.05, 0.1) is 4.90 Å². The van der Waals surface area contributed by atoms with Crippen LogP contribution in [0.25, 0.3) is 0 Å². The molecule has 1 atom stereocenters. The van der Waals surface area contributed by atoms with Gasteiger partial charge in [-0.2, -0.15) is 0 Å². The molecule has 0 bridgehead atoms. The van der Waals surface area contributed by atoms with E-state index < -0.39 is 21.9 Å². The third-order valence-electron chi connectivity index (χ3n) is 4.30. The standard InChI is InChI=1S/C22H21FN2O4S/c1-15-5-3-4-6-21(15)29-16(2)22(26)24-18-11-13-20(14-12-18)30(27,28)25-19-9-7-17(23)8-10-19/h3-14,16,25H,1-2H3,(H,24,26). The Hall–Kier alpha value is -3.39. The number of amides is 1. The topological polar surface area (TPSA) is 84.5 Å². The predicted molar refractivity (Wildman–Crippen MR) is 114 cm³/mol.